The Morgan fingerprint density at radius 1 is 1.19 bits per heavy atom. The van der Waals surface area contributed by atoms with Gasteiger partial charge in [-0.05, 0) is 24.1 Å². The van der Waals surface area contributed by atoms with Crippen LogP contribution in [0.5, 0.6) is 0 Å². The summed E-state index contributed by atoms with van der Waals surface area (Å²) in [5.41, 5.74) is -0.806. The Morgan fingerprint density at radius 3 is 2.38 bits per heavy atom. The molecule has 1 aliphatic heterocycles. The van der Waals surface area contributed by atoms with Crippen LogP contribution in [0.25, 0.3) is 0 Å². The molecule has 21 heavy (non-hydrogen) atoms. The highest BCUT2D eigenvalue weighted by molar-refractivity contribution is 5.34. The minimum atomic E-state index is -3.35. The summed E-state index contributed by atoms with van der Waals surface area (Å²) in [5.74, 6) is -4.17. The van der Waals surface area contributed by atoms with E-state index in [1.165, 1.54) is 6.07 Å². The Kier molecular flexibility index (Phi) is 4.36. The van der Waals surface area contributed by atoms with Gasteiger partial charge in [0.25, 0.3) is 0 Å². The third-order valence-corrected chi connectivity index (χ3v) is 3.84. The van der Waals surface area contributed by atoms with E-state index in [0.29, 0.717) is 12.1 Å². The molecule has 118 valence electrons. The number of hydrogen-bond acceptors (Lipinski definition) is 2. The molecule has 0 aliphatic carbocycles. The third kappa shape index (κ3) is 3.24. The van der Waals surface area contributed by atoms with E-state index in [4.69, 9.17) is 4.74 Å². The summed E-state index contributed by atoms with van der Waals surface area (Å²) in [6.07, 6.45) is -1.32. The van der Waals surface area contributed by atoms with Gasteiger partial charge in [-0.15, -0.1) is 0 Å². The lowest BCUT2D eigenvalue weighted by Gasteiger charge is -2.35. The molecule has 2 rings (SSSR count). The van der Waals surface area contributed by atoms with Crippen molar-refractivity contribution in [3.05, 3.63) is 35.1 Å². The smallest absolute Gasteiger partial charge is 0.302 e. The van der Waals surface area contributed by atoms with Gasteiger partial charge in [0.1, 0.15) is 11.9 Å². The van der Waals surface area contributed by atoms with Crippen LogP contribution in [0.1, 0.15) is 31.9 Å². The maximum absolute atomic E-state index is 14.7. The Hall–Kier alpha value is -1.07. The predicted octanol–water partition coefficient (Wildman–Crippen LogP) is 3.55. The van der Waals surface area contributed by atoms with Gasteiger partial charge in [-0.25, -0.2) is 4.39 Å². The lowest BCUT2D eigenvalue weighted by Crippen LogP contribution is -2.48. The first-order valence-corrected chi connectivity index (χ1v) is 7.11. The van der Waals surface area contributed by atoms with Crippen LogP contribution < -0.4 is 0 Å². The van der Waals surface area contributed by atoms with Crippen molar-refractivity contribution in [3.8, 4) is 0 Å². The van der Waals surface area contributed by atoms with Gasteiger partial charge >= 0.3 is 5.92 Å². The minimum absolute atomic E-state index is 0.0895. The summed E-state index contributed by atoms with van der Waals surface area (Å²) in [6.45, 7) is 6.34. The van der Waals surface area contributed by atoms with Crippen LogP contribution >= 0.6 is 0 Å². The minimum Gasteiger partial charge on any atom is -0.369 e. The number of halogens is 3. The van der Waals surface area contributed by atoms with Crippen molar-refractivity contribution in [3.63, 3.8) is 0 Å². The van der Waals surface area contributed by atoms with Gasteiger partial charge in [-0.3, -0.25) is 0 Å². The molecular weight excluding hydrogens is 279 g/mol. The molecule has 0 amide bonds. The average molecular weight is 301 g/mol. The number of ether oxygens (including phenoxy) is 1. The van der Waals surface area contributed by atoms with Crippen LogP contribution in [-0.4, -0.2) is 37.7 Å². The maximum Gasteiger partial charge on any atom is 0.302 e. The van der Waals surface area contributed by atoms with E-state index >= 15 is 0 Å². The van der Waals surface area contributed by atoms with E-state index in [2.05, 4.69) is 0 Å². The fourth-order valence-corrected chi connectivity index (χ4v) is 2.54. The van der Waals surface area contributed by atoms with Gasteiger partial charge in [-0.2, -0.15) is 8.78 Å². The number of morpholine rings is 1. The molecule has 1 aromatic rings. The molecule has 0 N–H and O–H groups in total. The lowest BCUT2D eigenvalue weighted by atomic mass is 9.84. The van der Waals surface area contributed by atoms with Crippen LogP contribution in [-0.2, 0) is 16.1 Å². The molecule has 0 aromatic heterocycles. The van der Waals surface area contributed by atoms with Gasteiger partial charge in [-0.1, -0.05) is 32.9 Å². The molecule has 5 heteroatoms. The highest BCUT2D eigenvalue weighted by Gasteiger charge is 2.46. The average Bonchev–Trinajstić information content (AvgIpc) is 2.37. The molecular formula is C16H22F3NO. The summed E-state index contributed by atoms with van der Waals surface area (Å²) >= 11 is 0. The molecule has 0 radical (unpaired) electrons. The van der Waals surface area contributed by atoms with E-state index in [1.54, 1.807) is 38.8 Å². The van der Waals surface area contributed by atoms with E-state index in [1.807, 2.05) is 0 Å². The van der Waals surface area contributed by atoms with Crippen LogP contribution in [0.2, 0.25) is 0 Å². The fourth-order valence-electron chi connectivity index (χ4n) is 2.54. The fraction of sp³-hybridized carbons (Fsp3) is 0.625. The zero-order chi connectivity index (χ0) is 15.8. The number of alkyl halides is 2. The highest BCUT2D eigenvalue weighted by Crippen LogP contribution is 2.39. The van der Waals surface area contributed by atoms with Gasteiger partial charge in [0.2, 0.25) is 0 Å². The number of nitrogens with zero attached hydrogens (tertiary/aromatic N) is 1. The summed E-state index contributed by atoms with van der Waals surface area (Å²) in [7, 11) is 1.76. The van der Waals surface area contributed by atoms with Crippen molar-refractivity contribution in [1.82, 2.24) is 4.90 Å². The number of hydrogen-bond donors (Lipinski definition) is 0. The Morgan fingerprint density at radius 2 is 1.81 bits per heavy atom. The molecule has 1 unspecified atom stereocenters. The summed E-state index contributed by atoms with van der Waals surface area (Å²) in [5, 5.41) is 0. The second kappa shape index (κ2) is 5.61. The Labute approximate surface area is 123 Å². The first-order valence-electron chi connectivity index (χ1n) is 7.11. The molecule has 1 aliphatic rings. The topological polar surface area (TPSA) is 12.5 Å². The van der Waals surface area contributed by atoms with Crippen LogP contribution in [0.3, 0.4) is 0 Å². The SMILES string of the molecule is CN1CCOC(C(F)(F)c2cccc(C(C)(C)C)c2F)C1. The number of benzene rings is 1. The molecule has 1 heterocycles. The van der Waals surface area contributed by atoms with Crippen LogP contribution in [0.15, 0.2) is 18.2 Å². The standard InChI is InChI=1S/C16H22F3NO/c1-15(2,3)11-6-5-7-12(14(11)17)16(18,19)13-10-20(4)8-9-21-13/h5-7,13H,8-10H2,1-4H3. The quantitative estimate of drug-likeness (QED) is 0.828. The molecule has 1 saturated heterocycles. The largest absolute Gasteiger partial charge is 0.369 e. The van der Waals surface area contributed by atoms with Gasteiger partial charge < -0.3 is 9.64 Å². The van der Waals surface area contributed by atoms with E-state index in [0.717, 1.165) is 6.07 Å². The highest BCUT2D eigenvalue weighted by atomic mass is 19.3. The monoisotopic (exact) mass is 301 g/mol. The van der Waals surface area contributed by atoms with E-state index in [9.17, 15) is 13.2 Å². The molecule has 1 atom stereocenters. The Balaban J connectivity index is 2.40. The van der Waals surface area contributed by atoms with Gasteiger partial charge in [0.05, 0.1) is 12.2 Å². The first-order chi connectivity index (χ1) is 9.64. The maximum atomic E-state index is 14.7. The predicted molar refractivity (Wildman–Crippen MR) is 76.2 cm³/mol. The second-order valence-electron chi connectivity index (χ2n) is 6.66. The van der Waals surface area contributed by atoms with Crippen molar-refractivity contribution in [2.75, 3.05) is 26.7 Å². The van der Waals surface area contributed by atoms with E-state index in [-0.39, 0.29) is 13.2 Å². The number of rotatable bonds is 2. The normalized spacial score (nSPS) is 21.6. The van der Waals surface area contributed by atoms with E-state index < -0.39 is 28.8 Å². The third-order valence-electron chi connectivity index (χ3n) is 3.84. The lowest BCUT2D eigenvalue weighted by molar-refractivity contribution is -0.171. The number of likely N-dealkylation sites (N-methyl/N-ethyl adjacent to an activating group) is 1. The van der Waals surface area contributed by atoms with Crippen LogP contribution in [0, 0.1) is 5.82 Å². The summed E-state index contributed by atoms with van der Waals surface area (Å²) in [6, 6.07) is 4.20. The van der Waals surface area contributed by atoms with Crippen molar-refractivity contribution < 1.29 is 17.9 Å². The van der Waals surface area contributed by atoms with Crippen LogP contribution in [0.4, 0.5) is 13.2 Å². The second-order valence-corrected chi connectivity index (χ2v) is 6.66. The van der Waals surface area contributed by atoms with Crippen molar-refractivity contribution in [2.24, 2.45) is 0 Å². The van der Waals surface area contributed by atoms with Gasteiger partial charge in [0.15, 0.2) is 0 Å². The van der Waals surface area contributed by atoms with Crippen molar-refractivity contribution in [2.45, 2.75) is 38.2 Å². The molecule has 1 aromatic carbocycles. The molecule has 2 nitrogen and oxygen atoms in total. The molecule has 0 spiro atoms. The zero-order valence-corrected chi connectivity index (χ0v) is 12.9. The molecule has 0 bridgehead atoms. The van der Waals surface area contributed by atoms with Crippen molar-refractivity contribution in [1.29, 1.82) is 0 Å². The Bertz CT molecular complexity index is 511. The van der Waals surface area contributed by atoms with Crippen molar-refractivity contribution >= 4 is 0 Å². The first kappa shape index (κ1) is 16.3. The summed E-state index contributed by atoms with van der Waals surface area (Å²) in [4.78, 5) is 1.77. The molecule has 0 saturated carbocycles. The zero-order valence-electron chi connectivity index (χ0n) is 12.9. The molecule has 1 fully saturated rings. The summed E-state index contributed by atoms with van der Waals surface area (Å²) < 4.78 is 49.1. The van der Waals surface area contributed by atoms with Gasteiger partial charge in [0, 0.05) is 13.1 Å².